The Morgan fingerprint density at radius 2 is 1.95 bits per heavy atom. The van der Waals surface area contributed by atoms with Crippen LogP contribution in [0.2, 0.25) is 0 Å². The molecular weight excluding hydrogens is 256 g/mol. The molecule has 1 aromatic carbocycles. The summed E-state index contributed by atoms with van der Waals surface area (Å²) < 4.78 is 0. The molecule has 1 atom stereocenters. The van der Waals surface area contributed by atoms with Crippen molar-refractivity contribution in [1.29, 1.82) is 0 Å². The maximum absolute atomic E-state index is 3.66. The van der Waals surface area contributed by atoms with Crippen molar-refractivity contribution in [2.45, 2.75) is 52.0 Å². The lowest BCUT2D eigenvalue weighted by Gasteiger charge is -2.25. The molecule has 2 rings (SSSR count). The highest BCUT2D eigenvalue weighted by Crippen LogP contribution is 2.26. The largest absolute Gasteiger partial charge is 0.310 e. The molecule has 0 heterocycles. The van der Waals surface area contributed by atoms with Gasteiger partial charge in [0.1, 0.15) is 0 Å². The van der Waals surface area contributed by atoms with Gasteiger partial charge in [-0.1, -0.05) is 44.0 Å². The minimum absolute atomic E-state index is 0.488. The molecule has 1 aromatic rings. The smallest absolute Gasteiger partial charge is 0.0334 e. The highest BCUT2D eigenvalue weighted by Gasteiger charge is 2.18. The highest BCUT2D eigenvalue weighted by atomic mass is 15.1. The normalized spacial score (nSPS) is 17.5. The molecule has 0 spiro atoms. The zero-order valence-corrected chi connectivity index (χ0v) is 14.1. The molecule has 0 radical (unpaired) electrons. The lowest BCUT2D eigenvalue weighted by molar-refractivity contribution is 0.263. The Morgan fingerprint density at radius 3 is 2.62 bits per heavy atom. The van der Waals surface area contributed by atoms with E-state index in [0.29, 0.717) is 6.04 Å². The molecule has 1 fully saturated rings. The van der Waals surface area contributed by atoms with E-state index in [-0.39, 0.29) is 0 Å². The zero-order chi connectivity index (χ0) is 15.1. The lowest BCUT2D eigenvalue weighted by Crippen LogP contribution is -2.30. The third-order valence-corrected chi connectivity index (χ3v) is 4.86. The minimum Gasteiger partial charge on any atom is -0.310 e. The topological polar surface area (TPSA) is 15.3 Å². The van der Waals surface area contributed by atoms with Gasteiger partial charge in [-0.05, 0) is 63.4 Å². The predicted octanol–water partition coefficient (Wildman–Crippen LogP) is 4.16. The Kier molecular flexibility index (Phi) is 6.72. The lowest BCUT2D eigenvalue weighted by atomic mass is 9.98. The second kappa shape index (κ2) is 8.55. The summed E-state index contributed by atoms with van der Waals surface area (Å²) in [5.74, 6) is 0.950. The first-order chi connectivity index (χ1) is 10.2. The van der Waals surface area contributed by atoms with Crippen LogP contribution >= 0.6 is 0 Å². The third-order valence-electron chi connectivity index (χ3n) is 4.86. The SMILES string of the molecule is CCNC(CCN(C)CC1CCCC1)c1ccccc1C. The van der Waals surface area contributed by atoms with Crippen molar-refractivity contribution in [3.63, 3.8) is 0 Å². The fourth-order valence-electron chi connectivity index (χ4n) is 3.67. The molecule has 1 aliphatic rings. The van der Waals surface area contributed by atoms with Gasteiger partial charge in [-0.15, -0.1) is 0 Å². The minimum atomic E-state index is 0.488. The average molecular weight is 288 g/mol. The summed E-state index contributed by atoms with van der Waals surface area (Å²) in [5.41, 5.74) is 2.87. The second-order valence-electron chi connectivity index (χ2n) is 6.67. The van der Waals surface area contributed by atoms with Gasteiger partial charge in [0.05, 0.1) is 0 Å². The summed E-state index contributed by atoms with van der Waals surface area (Å²) in [5, 5.41) is 3.66. The molecule has 1 aliphatic carbocycles. The van der Waals surface area contributed by atoms with Crippen LogP contribution in [0.5, 0.6) is 0 Å². The van der Waals surface area contributed by atoms with Crippen LogP contribution in [-0.2, 0) is 0 Å². The second-order valence-corrected chi connectivity index (χ2v) is 6.67. The number of rotatable bonds is 8. The van der Waals surface area contributed by atoms with Crippen molar-refractivity contribution >= 4 is 0 Å². The fraction of sp³-hybridized carbons (Fsp3) is 0.684. The predicted molar refractivity (Wildman–Crippen MR) is 91.7 cm³/mol. The van der Waals surface area contributed by atoms with Gasteiger partial charge < -0.3 is 10.2 Å². The van der Waals surface area contributed by atoms with E-state index in [0.717, 1.165) is 12.5 Å². The first-order valence-corrected chi connectivity index (χ1v) is 8.68. The zero-order valence-electron chi connectivity index (χ0n) is 14.1. The van der Waals surface area contributed by atoms with E-state index in [4.69, 9.17) is 0 Å². The molecule has 2 heteroatoms. The van der Waals surface area contributed by atoms with E-state index < -0.39 is 0 Å². The highest BCUT2D eigenvalue weighted by molar-refractivity contribution is 5.28. The van der Waals surface area contributed by atoms with Gasteiger partial charge in [-0.2, -0.15) is 0 Å². The number of aryl methyl sites for hydroxylation is 1. The van der Waals surface area contributed by atoms with Crippen molar-refractivity contribution in [2.75, 3.05) is 26.7 Å². The van der Waals surface area contributed by atoms with Gasteiger partial charge in [-0.3, -0.25) is 0 Å². The van der Waals surface area contributed by atoms with E-state index in [1.165, 1.54) is 56.3 Å². The van der Waals surface area contributed by atoms with Gasteiger partial charge in [0.25, 0.3) is 0 Å². The summed E-state index contributed by atoms with van der Waals surface area (Å²) in [6.07, 6.45) is 6.98. The number of nitrogens with one attached hydrogen (secondary N) is 1. The van der Waals surface area contributed by atoms with Crippen LogP contribution in [0.1, 0.15) is 56.2 Å². The Bertz CT molecular complexity index is 410. The van der Waals surface area contributed by atoms with Crippen LogP contribution in [0, 0.1) is 12.8 Å². The van der Waals surface area contributed by atoms with Gasteiger partial charge >= 0.3 is 0 Å². The molecule has 0 amide bonds. The Labute approximate surface area is 130 Å². The van der Waals surface area contributed by atoms with E-state index in [2.05, 4.69) is 55.4 Å². The maximum atomic E-state index is 3.66. The molecule has 0 saturated heterocycles. The number of hydrogen-bond donors (Lipinski definition) is 1. The molecule has 0 bridgehead atoms. The molecule has 1 unspecified atom stereocenters. The summed E-state index contributed by atoms with van der Waals surface area (Å²) in [6.45, 7) is 7.93. The molecule has 1 N–H and O–H groups in total. The molecule has 1 saturated carbocycles. The third kappa shape index (κ3) is 5.12. The van der Waals surface area contributed by atoms with Crippen molar-refractivity contribution in [1.82, 2.24) is 10.2 Å². The number of nitrogens with zero attached hydrogens (tertiary/aromatic N) is 1. The van der Waals surface area contributed by atoms with Gasteiger partial charge in [-0.25, -0.2) is 0 Å². The fourth-order valence-corrected chi connectivity index (χ4v) is 3.67. The molecule has 118 valence electrons. The summed E-state index contributed by atoms with van der Waals surface area (Å²) >= 11 is 0. The Balaban J connectivity index is 1.86. The van der Waals surface area contributed by atoms with Crippen molar-refractivity contribution in [3.05, 3.63) is 35.4 Å². The van der Waals surface area contributed by atoms with Crippen LogP contribution in [0.25, 0.3) is 0 Å². The van der Waals surface area contributed by atoms with Gasteiger partial charge in [0.15, 0.2) is 0 Å². The quantitative estimate of drug-likeness (QED) is 0.773. The first kappa shape index (κ1) is 16.5. The van der Waals surface area contributed by atoms with Crippen LogP contribution in [-0.4, -0.2) is 31.6 Å². The van der Waals surface area contributed by atoms with Gasteiger partial charge in [0, 0.05) is 12.6 Å². The van der Waals surface area contributed by atoms with Crippen LogP contribution in [0.4, 0.5) is 0 Å². The standard InChI is InChI=1S/C19H32N2/c1-4-20-19(18-12-8-5-9-16(18)2)13-14-21(3)15-17-10-6-7-11-17/h5,8-9,12,17,19-20H,4,6-7,10-11,13-15H2,1-3H3. The summed E-state index contributed by atoms with van der Waals surface area (Å²) in [6, 6.07) is 9.28. The molecule has 0 aliphatic heterocycles. The van der Waals surface area contributed by atoms with E-state index in [1.807, 2.05) is 0 Å². The maximum Gasteiger partial charge on any atom is 0.0334 e. The average Bonchev–Trinajstić information content (AvgIpc) is 2.97. The van der Waals surface area contributed by atoms with Crippen molar-refractivity contribution in [2.24, 2.45) is 5.92 Å². The number of hydrogen-bond acceptors (Lipinski definition) is 2. The summed E-state index contributed by atoms with van der Waals surface area (Å²) in [4.78, 5) is 2.54. The van der Waals surface area contributed by atoms with Crippen LogP contribution in [0.15, 0.2) is 24.3 Å². The molecular formula is C19H32N2. The molecule has 2 nitrogen and oxygen atoms in total. The molecule has 21 heavy (non-hydrogen) atoms. The van der Waals surface area contributed by atoms with E-state index in [1.54, 1.807) is 0 Å². The number of benzene rings is 1. The monoisotopic (exact) mass is 288 g/mol. The molecule has 0 aromatic heterocycles. The summed E-state index contributed by atoms with van der Waals surface area (Å²) in [7, 11) is 2.29. The van der Waals surface area contributed by atoms with Crippen molar-refractivity contribution < 1.29 is 0 Å². The Hall–Kier alpha value is -0.860. The van der Waals surface area contributed by atoms with Crippen molar-refractivity contribution in [3.8, 4) is 0 Å². The first-order valence-electron chi connectivity index (χ1n) is 8.68. The van der Waals surface area contributed by atoms with Crippen LogP contribution < -0.4 is 5.32 Å². The van der Waals surface area contributed by atoms with Crippen LogP contribution in [0.3, 0.4) is 0 Å². The van der Waals surface area contributed by atoms with E-state index in [9.17, 15) is 0 Å². The Morgan fingerprint density at radius 1 is 1.24 bits per heavy atom. The van der Waals surface area contributed by atoms with E-state index >= 15 is 0 Å². The van der Waals surface area contributed by atoms with Gasteiger partial charge in [0.2, 0.25) is 0 Å².